The SMILES string of the molecule is O/N=C/C=C(\C=C\c1ccccc1)OCc1ccccc1. The maximum atomic E-state index is 8.53. The first-order valence-electron chi connectivity index (χ1n) is 6.66. The molecular formula is C18H17NO2. The maximum Gasteiger partial charge on any atom is 0.121 e. The fourth-order valence-electron chi connectivity index (χ4n) is 1.74. The molecule has 0 radical (unpaired) electrons. The van der Waals surface area contributed by atoms with E-state index in [1.807, 2.05) is 72.8 Å². The molecule has 2 aromatic carbocycles. The smallest absolute Gasteiger partial charge is 0.121 e. The van der Waals surface area contributed by atoms with Crippen molar-refractivity contribution >= 4 is 12.3 Å². The van der Waals surface area contributed by atoms with Crippen LogP contribution in [0.5, 0.6) is 0 Å². The Bertz CT molecular complexity index is 616. The predicted octanol–water partition coefficient (Wildman–Crippen LogP) is 4.26. The van der Waals surface area contributed by atoms with Crippen LogP contribution in [0, 0.1) is 0 Å². The average Bonchev–Trinajstić information content (AvgIpc) is 2.56. The molecule has 0 amide bonds. The van der Waals surface area contributed by atoms with Gasteiger partial charge in [-0.25, -0.2) is 0 Å². The lowest BCUT2D eigenvalue weighted by atomic mass is 10.2. The van der Waals surface area contributed by atoms with Gasteiger partial charge in [0, 0.05) is 6.08 Å². The summed E-state index contributed by atoms with van der Waals surface area (Å²) in [5, 5.41) is 11.5. The third kappa shape index (κ3) is 5.37. The Labute approximate surface area is 124 Å². The van der Waals surface area contributed by atoms with Crippen LogP contribution in [0.2, 0.25) is 0 Å². The van der Waals surface area contributed by atoms with Gasteiger partial charge in [-0.3, -0.25) is 0 Å². The van der Waals surface area contributed by atoms with Crippen LogP contribution in [0.25, 0.3) is 6.08 Å². The van der Waals surface area contributed by atoms with Gasteiger partial charge in [0.1, 0.15) is 12.4 Å². The second kappa shape index (κ2) is 8.38. The van der Waals surface area contributed by atoms with E-state index >= 15 is 0 Å². The number of oxime groups is 1. The van der Waals surface area contributed by atoms with Crippen molar-refractivity contribution in [3.05, 3.63) is 89.7 Å². The van der Waals surface area contributed by atoms with E-state index in [2.05, 4.69) is 5.16 Å². The van der Waals surface area contributed by atoms with E-state index in [0.717, 1.165) is 11.1 Å². The Hall–Kier alpha value is -2.81. The third-order valence-corrected chi connectivity index (χ3v) is 2.79. The summed E-state index contributed by atoms with van der Waals surface area (Å²) in [5.41, 5.74) is 2.16. The summed E-state index contributed by atoms with van der Waals surface area (Å²) in [6, 6.07) is 19.8. The van der Waals surface area contributed by atoms with Crippen LogP contribution in [0.3, 0.4) is 0 Å². The van der Waals surface area contributed by atoms with Crippen LogP contribution >= 0.6 is 0 Å². The van der Waals surface area contributed by atoms with Crippen molar-refractivity contribution in [3.8, 4) is 0 Å². The summed E-state index contributed by atoms with van der Waals surface area (Å²) in [4.78, 5) is 0. The molecule has 3 nitrogen and oxygen atoms in total. The van der Waals surface area contributed by atoms with Crippen molar-refractivity contribution in [3.63, 3.8) is 0 Å². The van der Waals surface area contributed by atoms with Crippen LogP contribution < -0.4 is 0 Å². The molecule has 2 rings (SSSR count). The molecule has 0 aliphatic heterocycles. The quantitative estimate of drug-likeness (QED) is 0.282. The minimum absolute atomic E-state index is 0.463. The average molecular weight is 279 g/mol. The summed E-state index contributed by atoms with van der Waals surface area (Å²) in [6.07, 6.45) is 6.69. The fourth-order valence-corrected chi connectivity index (χ4v) is 1.74. The van der Waals surface area contributed by atoms with Crippen molar-refractivity contribution in [1.82, 2.24) is 0 Å². The first-order chi connectivity index (χ1) is 10.4. The molecule has 2 aromatic rings. The molecule has 0 aliphatic carbocycles. The zero-order valence-corrected chi connectivity index (χ0v) is 11.6. The lowest BCUT2D eigenvalue weighted by Gasteiger charge is -2.06. The highest BCUT2D eigenvalue weighted by Gasteiger charge is 1.95. The predicted molar refractivity (Wildman–Crippen MR) is 85.1 cm³/mol. The lowest BCUT2D eigenvalue weighted by Crippen LogP contribution is -1.92. The summed E-state index contributed by atoms with van der Waals surface area (Å²) < 4.78 is 5.72. The van der Waals surface area contributed by atoms with E-state index in [1.165, 1.54) is 6.21 Å². The number of nitrogens with zero attached hydrogens (tertiary/aromatic N) is 1. The van der Waals surface area contributed by atoms with E-state index in [-0.39, 0.29) is 0 Å². The lowest BCUT2D eigenvalue weighted by molar-refractivity contribution is 0.212. The van der Waals surface area contributed by atoms with Crippen LogP contribution in [0.15, 0.2) is 83.7 Å². The van der Waals surface area contributed by atoms with Gasteiger partial charge in [0.15, 0.2) is 0 Å². The zero-order valence-electron chi connectivity index (χ0n) is 11.6. The molecule has 0 atom stereocenters. The summed E-state index contributed by atoms with van der Waals surface area (Å²) in [5.74, 6) is 0.625. The molecule has 0 saturated heterocycles. The van der Waals surface area contributed by atoms with Crippen molar-refractivity contribution in [1.29, 1.82) is 0 Å². The molecule has 0 saturated carbocycles. The number of benzene rings is 2. The second-order valence-electron chi connectivity index (χ2n) is 4.35. The monoisotopic (exact) mass is 279 g/mol. The molecule has 21 heavy (non-hydrogen) atoms. The molecule has 0 bridgehead atoms. The number of rotatable bonds is 6. The van der Waals surface area contributed by atoms with Gasteiger partial charge in [-0.1, -0.05) is 71.9 Å². The number of allylic oxidation sites excluding steroid dienone is 2. The summed E-state index contributed by atoms with van der Waals surface area (Å²) in [7, 11) is 0. The van der Waals surface area contributed by atoms with Gasteiger partial charge in [-0.05, 0) is 17.2 Å². The third-order valence-electron chi connectivity index (χ3n) is 2.79. The summed E-state index contributed by atoms with van der Waals surface area (Å²) in [6.45, 7) is 0.463. The van der Waals surface area contributed by atoms with Crippen LogP contribution in [0.4, 0.5) is 0 Å². The van der Waals surface area contributed by atoms with Crippen molar-refractivity contribution < 1.29 is 9.94 Å². The Morgan fingerprint density at radius 2 is 1.67 bits per heavy atom. The van der Waals surface area contributed by atoms with Gasteiger partial charge in [-0.2, -0.15) is 0 Å². The Balaban J connectivity index is 2.03. The van der Waals surface area contributed by atoms with Gasteiger partial charge in [0.2, 0.25) is 0 Å². The summed E-state index contributed by atoms with van der Waals surface area (Å²) >= 11 is 0. The zero-order chi connectivity index (χ0) is 14.8. The molecular weight excluding hydrogens is 262 g/mol. The minimum Gasteiger partial charge on any atom is -0.489 e. The fraction of sp³-hybridized carbons (Fsp3) is 0.0556. The highest BCUT2D eigenvalue weighted by atomic mass is 16.5. The minimum atomic E-state index is 0.463. The molecule has 0 aliphatic rings. The van der Waals surface area contributed by atoms with Crippen molar-refractivity contribution in [2.24, 2.45) is 5.16 Å². The number of hydrogen-bond acceptors (Lipinski definition) is 3. The van der Waals surface area contributed by atoms with Gasteiger partial charge in [0.05, 0.1) is 6.21 Å². The van der Waals surface area contributed by atoms with Gasteiger partial charge >= 0.3 is 0 Å². The van der Waals surface area contributed by atoms with Crippen LogP contribution in [-0.4, -0.2) is 11.4 Å². The standard InChI is InChI=1S/C18H17NO2/c20-19-14-13-18(12-11-16-7-3-1-4-8-16)21-15-17-9-5-2-6-10-17/h1-14,20H,15H2/b12-11+,18-13+,19-14+. The highest BCUT2D eigenvalue weighted by molar-refractivity contribution is 5.72. The molecule has 0 spiro atoms. The highest BCUT2D eigenvalue weighted by Crippen LogP contribution is 2.09. The Morgan fingerprint density at radius 3 is 2.33 bits per heavy atom. The molecule has 0 aromatic heterocycles. The van der Waals surface area contributed by atoms with Gasteiger partial charge in [0.25, 0.3) is 0 Å². The molecule has 106 valence electrons. The van der Waals surface area contributed by atoms with Crippen LogP contribution in [-0.2, 0) is 11.3 Å². The van der Waals surface area contributed by atoms with E-state index in [1.54, 1.807) is 6.08 Å². The van der Waals surface area contributed by atoms with E-state index < -0.39 is 0 Å². The topological polar surface area (TPSA) is 41.8 Å². The normalized spacial score (nSPS) is 12.1. The van der Waals surface area contributed by atoms with Crippen molar-refractivity contribution in [2.45, 2.75) is 6.61 Å². The molecule has 1 N–H and O–H groups in total. The number of ether oxygens (including phenoxy) is 1. The van der Waals surface area contributed by atoms with Crippen LogP contribution in [0.1, 0.15) is 11.1 Å². The Morgan fingerprint density at radius 1 is 1.00 bits per heavy atom. The number of hydrogen-bond donors (Lipinski definition) is 1. The largest absolute Gasteiger partial charge is 0.489 e. The van der Waals surface area contributed by atoms with Gasteiger partial charge in [-0.15, -0.1) is 0 Å². The molecule has 0 unspecified atom stereocenters. The molecule has 0 heterocycles. The van der Waals surface area contributed by atoms with E-state index in [0.29, 0.717) is 12.4 Å². The maximum absolute atomic E-state index is 8.53. The molecule has 3 heteroatoms. The Kier molecular flexibility index (Phi) is 5.82. The first-order valence-corrected chi connectivity index (χ1v) is 6.66. The molecule has 0 fully saturated rings. The van der Waals surface area contributed by atoms with Gasteiger partial charge < -0.3 is 9.94 Å². The first kappa shape index (κ1) is 14.6. The van der Waals surface area contributed by atoms with Crippen molar-refractivity contribution in [2.75, 3.05) is 0 Å². The van der Waals surface area contributed by atoms with E-state index in [4.69, 9.17) is 9.94 Å². The second-order valence-corrected chi connectivity index (χ2v) is 4.35. The van der Waals surface area contributed by atoms with E-state index in [9.17, 15) is 0 Å².